The van der Waals surface area contributed by atoms with Gasteiger partial charge in [-0.15, -0.1) is 11.8 Å². The summed E-state index contributed by atoms with van der Waals surface area (Å²) in [7, 11) is 0. The van der Waals surface area contributed by atoms with Gasteiger partial charge in [-0.3, -0.25) is 4.68 Å². The molecule has 0 fully saturated rings. The Bertz CT molecular complexity index is 625. The molecule has 4 nitrogen and oxygen atoms in total. The molecule has 0 amide bonds. The molecule has 0 unspecified atom stereocenters. The molecular weight excluding hydrogens is 302 g/mol. The summed E-state index contributed by atoms with van der Waals surface area (Å²) in [5.41, 5.74) is 6.66. The predicted octanol–water partition coefficient (Wildman–Crippen LogP) is 3.83. The van der Waals surface area contributed by atoms with Crippen LogP contribution in [0.25, 0.3) is 0 Å². The topological polar surface area (TPSA) is 53.1 Å². The van der Waals surface area contributed by atoms with Crippen molar-refractivity contribution in [3.05, 3.63) is 36.2 Å². The minimum atomic E-state index is 0.350. The Morgan fingerprint density at radius 3 is 2.90 bits per heavy atom. The van der Waals surface area contributed by atoms with Gasteiger partial charge in [0.1, 0.15) is 10.7 Å². The SMILES string of the molecule is CCCn1cc(Oc2cccc(SCC)c2C(N)=S)cn1. The molecule has 0 spiro atoms. The normalized spacial score (nSPS) is 10.6. The van der Waals surface area contributed by atoms with Crippen molar-refractivity contribution in [1.82, 2.24) is 9.78 Å². The van der Waals surface area contributed by atoms with Crippen LogP contribution in [0.1, 0.15) is 25.8 Å². The van der Waals surface area contributed by atoms with E-state index in [1.807, 2.05) is 29.1 Å². The minimum absolute atomic E-state index is 0.350. The molecule has 2 aromatic rings. The third-order valence-corrected chi connectivity index (χ3v) is 3.97. The number of aromatic nitrogens is 2. The first-order valence-corrected chi connectivity index (χ1v) is 8.31. The van der Waals surface area contributed by atoms with Crippen LogP contribution < -0.4 is 10.5 Å². The number of benzene rings is 1. The zero-order chi connectivity index (χ0) is 15.2. The van der Waals surface area contributed by atoms with E-state index >= 15 is 0 Å². The smallest absolute Gasteiger partial charge is 0.165 e. The van der Waals surface area contributed by atoms with Crippen molar-refractivity contribution in [2.75, 3.05) is 5.75 Å². The second-order valence-corrected chi connectivity index (χ2v) is 6.21. The van der Waals surface area contributed by atoms with Gasteiger partial charge >= 0.3 is 0 Å². The van der Waals surface area contributed by atoms with E-state index in [4.69, 9.17) is 22.7 Å². The zero-order valence-electron chi connectivity index (χ0n) is 12.2. The molecule has 0 aliphatic heterocycles. The lowest BCUT2D eigenvalue weighted by molar-refractivity contribution is 0.478. The van der Waals surface area contributed by atoms with Gasteiger partial charge in [-0.1, -0.05) is 32.1 Å². The van der Waals surface area contributed by atoms with Crippen molar-refractivity contribution in [2.45, 2.75) is 31.7 Å². The highest BCUT2D eigenvalue weighted by Crippen LogP contribution is 2.32. The van der Waals surface area contributed by atoms with Crippen molar-refractivity contribution >= 4 is 29.0 Å². The number of hydrogen-bond donors (Lipinski definition) is 1. The van der Waals surface area contributed by atoms with Crippen LogP contribution in [-0.2, 0) is 6.54 Å². The lowest BCUT2D eigenvalue weighted by Gasteiger charge is -2.12. The van der Waals surface area contributed by atoms with E-state index in [0.717, 1.165) is 29.2 Å². The second-order valence-electron chi connectivity index (χ2n) is 4.47. The first-order valence-electron chi connectivity index (χ1n) is 6.91. The molecule has 0 bridgehead atoms. The zero-order valence-corrected chi connectivity index (χ0v) is 13.8. The van der Waals surface area contributed by atoms with Crippen molar-refractivity contribution in [2.24, 2.45) is 5.73 Å². The average Bonchev–Trinajstić information content (AvgIpc) is 2.87. The van der Waals surface area contributed by atoms with Crippen molar-refractivity contribution in [1.29, 1.82) is 0 Å². The molecule has 0 aliphatic carbocycles. The highest BCUT2D eigenvalue weighted by molar-refractivity contribution is 7.99. The highest BCUT2D eigenvalue weighted by Gasteiger charge is 2.13. The van der Waals surface area contributed by atoms with Crippen LogP contribution in [0.15, 0.2) is 35.5 Å². The number of rotatable bonds is 7. The Morgan fingerprint density at radius 1 is 1.43 bits per heavy atom. The Labute approximate surface area is 134 Å². The highest BCUT2D eigenvalue weighted by atomic mass is 32.2. The molecule has 0 radical (unpaired) electrons. The number of hydrogen-bond acceptors (Lipinski definition) is 4. The largest absolute Gasteiger partial charge is 0.453 e. The van der Waals surface area contributed by atoms with Crippen LogP contribution in [0.2, 0.25) is 0 Å². The Balaban J connectivity index is 2.29. The fraction of sp³-hybridized carbons (Fsp3) is 0.333. The molecule has 0 saturated heterocycles. The van der Waals surface area contributed by atoms with Gasteiger partial charge in [0.2, 0.25) is 0 Å². The first-order chi connectivity index (χ1) is 10.2. The van der Waals surface area contributed by atoms with E-state index in [1.54, 1.807) is 18.0 Å². The average molecular weight is 321 g/mol. The quantitative estimate of drug-likeness (QED) is 0.620. The van der Waals surface area contributed by atoms with Gasteiger partial charge in [0.05, 0.1) is 18.0 Å². The summed E-state index contributed by atoms with van der Waals surface area (Å²) in [6, 6.07) is 5.84. The fourth-order valence-electron chi connectivity index (χ4n) is 1.99. The predicted molar refractivity (Wildman–Crippen MR) is 91.3 cm³/mol. The van der Waals surface area contributed by atoms with Gasteiger partial charge < -0.3 is 10.5 Å². The maximum Gasteiger partial charge on any atom is 0.165 e. The van der Waals surface area contributed by atoms with E-state index < -0.39 is 0 Å². The van der Waals surface area contributed by atoms with Gasteiger partial charge in [0.15, 0.2) is 5.75 Å². The van der Waals surface area contributed by atoms with E-state index in [1.165, 1.54) is 0 Å². The molecule has 0 saturated carbocycles. The van der Waals surface area contributed by atoms with Crippen LogP contribution in [-0.4, -0.2) is 20.5 Å². The monoisotopic (exact) mass is 321 g/mol. The van der Waals surface area contributed by atoms with E-state index in [-0.39, 0.29) is 0 Å². The molecule has 1 aromatic carbocycles. The third kappa shape index (κ3) is 3.98. The molecule has 2 rings (SSSR count). The van der Waals surface area contributed by atoms with Crippen LogP contribution >= 0.6 is 24.0 Å². The van der Waals surface area contributed by atoms with Crippen molar-refractivity contribution in [3.63, 3.8) is 0 Å². The summed E-state index contributed by atoms with van der Waals surface area (Å²) >= 11 is 6.88. The van der Waals surface area contributed by atoms with Crippen LogP contribution in [0.4, 0.5) is 0 Å². The molecule has 0 atom stereocenters. The van der Waals surface area contributed by atoms with Crippen molar-refractivity contribution in [3.8, 4) is 11.5 Å². The summed E-state index contributed by atoms with van der Waals surface area (Å²) in [5, 5.41) is 4.26. The number of nitrogens with two attached hydrogens (primary N) is 1. The molecule has 0 aliphatic rings. The lowest BCUT2D eigenvalue weighted by Crippen LogP contribution is -2.12. The number of thiocarbonyl (C=S) groups is 1. The molecule has 2 N–H and O–H groups in total. The van der Waals surface area contributed by atoms with Gasteiger partial charge in [0, 0.05) is 11.4 Å². The molecule has 21 heavy (non-hydrogen) atoms. The molecular formula is C15H19N3OS2. The van der Waals surface area contributed by atoms with Crippen molar-refractivity contribution < 1.29 is 4.74 Å². The summed E-state index contributed by atoms with van der Waals surface area (Å²) < 4.78 is 7.78. The number of nitrogens with zero attached hydrogens (tertiary/aromatic N) is 2. The molecule has 6 heteroatoms. The minimum Gasteiger partial charge on any atom is -0.453 e. The first kappa shape index (κ1) is 15.9. The standard InChI is InChI=1S/C15H19N3OS2/c1-3-8-18-10-11(9-17-18)19-12-6-5-7-13(21-4-2)14(12)15(16)20/h5-7,9-10H,3-4,8H2,1-2H3,(H2,16,20). The van der Waals surface area contributed by atoms with Crippen LogP contribution in [0.5, 0.6) is 11.5 Å². The summed E-state index contributed by atoms with van der Waals surface area (Å²) in [4.78, 5) is 1.39. The summed E-state index contributed by atoms with van der Waals surface area (Å²) in [6.07, 6.45) is 4.62. The van der Waals surface area contributed by atoms with E-state index in [2.05, 4.69) is 18.9 Å². The third-order valence-electron chi connectivity index (χ3n) is 2.82. The van der Waals surface area contributed by atoms with Gasteiger partial charge in [0.25, 0.3) is 0 Å². The second kappa shape index (κ2) is 7.47. The number of aryl methyl sites for hydroxylation is 1. The Kier molecular flexibility index (Phi) is 5.64. The maximum atomic E-state index is 5.92. The van der Waals surface area contributed by atoms with E-state index in [0.29, 0.717) is 16.5 Å². The number of thioether (sulfide) groups is 1. The Morgan fingerprint density at radius 2 is 2.24 bits per heavy atom. The molecule has 1 aromatic heterocycles. The van der Waals surface area contributed by atoms with Crippen LogP contribution in [0.3, 0.4) is 0 Å². The van der Waals surface area contributed by atoms with Gasteiger partial charge in [-0.05, 0) is 24.3 Å². The maximum absolute atomic E-state index is 5.92. The molecule has 112 valence electrons. The van der Waals surface area contributed by atoms with Crippen LogP contribution in [0, 0.1) is 0 Å². The molecule has 1 heterocycles. The van der Waals surface area contributed by atoms with Gasteiger partial charge in [-0.2, -0.15) is 5.10 Å². The van der Waals surface area contributed by atoms with E-state index in [9.17, 15) is 0 Å². The Hall–Kier alpha value is -1.53. The summed E-state index contributed by atoms with van der Waals surface area (Å²) in [6.45, 7) is 5.08. The summed E-state index contributed by atoms with van der Waals surface area (Å²) in [5.74, 6) is 2.32. The fourth-order valence-corrected chi connectivity index (χ4v) is 3.11. The lowest BCUT2D eigenvalue weighted by atomic mass is 10.2. The number of ether oxygens (including phenoxy) is 1. The van der Waals surface area contributed by atoms with Gasteiger partial charge in [-0.25, -0.2) is 0 Å².